The highest BCUT2D eigenvalue weighted by Gasteiger charge is 2.37. The van der Waals surface area contributed by atoms with Gasteiger partial charge in [-0.2, -0.15) is 0 Å². The van der Waals surface area contributed by atoms with Crippen LogP contribution in [0.25, 0.3) is 0 Å². The highest BCUT2D eigenvalue weighted by Crippen LogP contribution is 2.30. The number of methoxy groups -OCH3 is 2. The molecule has 3 rings (SSSR count). The Balaban J connectivity index is 1.84. The van der Waals surface area contributed by atoms with E-state index in [1.54, 1.807) is 14.2 Å². The fourth-order valence-electron chi connectivity index (χ4n) is 3.19. The van der Waals surface area contributed by atoms with Crippen molar-refractivity contribution in [2.24, 2.45) is 4.99 Å². The van der Waals surface area contributed by atoms with E-state index in [0.717, 1.165) is 30.2 Å². The lowest BCUT2D eigenvalue weighted by atomic mass is 9.88. The molecule has 0 aromatic heterocycles. The Bertz CT molecular complexity index is 690. The largest absolute Gasteiger partial charge is 0.497 e. The molecule has 1 aliphatic rings. The molecule has 4 nitrogen and oxygen atoms in total. The molecule has 0 radical (unpaired) electrons. The van der Waals surface area contributed by atoms with Gasteiger partial charge in [0.15, 0.2) is 5.90 Å². The molecule has 0 amide bonds. The monoisotopic (exact) mass is 325 g/mol. The second kappa shape index (κ2) is 6.95. The van der Waals surface area contributed by atoms with Crippen LogP contribution in [0.3, 0.4) is 0 Å². The van der Waals surface area contributed by atoms with Crippen LogP contribution in [0.2, 0.25) is 0 Å². The molecule has 126 valence electrons. The molecule has 0 atom stereocenters. The first-order chi connectivity index (χ1) is 11.6. The van der Waals surface area contributed by atoms with E-state index >= 15 is 0 Å². The second-order valence-corrected chi connectivity index (χ2v) is 6.18. The molecule has 1 aliphatic heterocycles. The predicted molar refractivity (Wildman–Crippen MR) is 95.2 cm³/mol. The summed E-state index contributed by atoms with van der Waals surface area (Å²) in [5, 5.41) is 0. The van der Waals surface area contributed by atoms with Gasteiger partial charge in [0, 0.05) is 19.8 Å². The number of benzene rings is 2. The zero-order valence-corrected chi connectivity index (χ0v) is 14.4. The van der Waals surface area contributed by atoms with E-state index in [1.807, 2.05) is 31.2 Å². The summed E-state index contributed by atoms with van der Waals surface area (Å²) in [5.74, 6) is 2.47. The average Bonchev–Trinajstić information content (AvgIpc) is 2.95. The summed E-state index contributed by atoms with van der Waals surface area (Å²) in [6.45, 7) is 2.58. The molecule has 4 heteroatoms. The van der Waals surface area contributed by atoms with E-state index in [1.165, 1.54) is 11.1 Å². The van der Waals surface area contributed by atoms with E-state index in [4.69, 9.17) is 14.2 Å². The molecular formula is C20H23NO3. The second-order valence-electron chi connectivity index (χ2n) is 6.18. The molecule has 0 N–H and O–H groups in total. The van der Waals surface area contributed by atoms with Gasteiger partial charge in [-0.3, -0.25) is 4.99 Å². The van der Waals surface area contributed by atoms with E-state index in [0.29, 0.717) is 6.54 Å². The maximum Gasteiger partial charge on any atom is 0.180 e. The molecule has 0 aliphatic carbocycles. The summed E-state index contributed by atoms with van der Waals surface area (Å²) < 4.78 is 16.8. The highest BCUT2D eigenvalue weighted by atomic mass is 16.5. The number of nitrogens with zero attached hydrogens (tertiary/aromatic N) is 1. The van der Waals surface area contributed by atoms with Gasteiger partial charge in [-0.25, -0.2) is 0 Å². The van der Waals surface area contributed by atoms with E-state index in [2.05, 4.69) is 29.3 Å². The third kappa shape index (κ3) is 3.70. The maximum atomic E-state index is 6.17. The first kappa shape index (κ1) is 16.4. The van der Waals surface area contributed by atoms with Crippen LogP contribution in [0.5, 0.6) is 11.5 Å². The van der Waals surface area contributed by atoms with Crippen molar-refractivity contribution in [1.29, 1.82) is 0 Å². The Kier molecular flexibility index (Phi) is 4.74. The quantitative estimate of drug-likeness (QED) is 0.813. The molecule has 2 aromatic rings. The van der Waals surface area contributed by atoms with Crippen LogP contribution in [0.15, 0.2) is 53.5 Å². The predicted octanol–water partition coefficient (Wildman–Crippen LogP) is 3.68. The number of ether oxygens (including phenoxy) is 3. The summed E-state index contributed by atoms with van der Waals surface area (Å²) in [5.41, 5.74) is 2.01. The molecular weight excluding hydrogens is 302 g/mol. The van der Waals surface area contributed by atoms with Crippen molar-refractivity contribution >= 4 is 5.90 Å². The first-order valence-electron chi connectivity index (χ1n) is 8.08. The van der Waals surface area contributed by atoms with Gasteiger partial charge in [0.25, 0.3) is 0 Å². The molecule has 0 unspecified atom stereocenters. The zero-order chi connectivity index (χ0) is 17.0. The summed E-state index contributed by atoms with van der Waals surface area (Å²) in [6, 6.07) is 16.3. The summed E-state index contributed by atoms with van der Waals surface area (Å²) >= 11 is 0. The normalized spacial score (nSPS) is 15.5. The lowest BCUT2D eigenvalue weighted by Crippen LogP contribution is -2.38. The minimum absolute atomic E-state index is 0.358. The SMILES string of the molecule is COc1cccc(CC2(Cc3cccc(OC)c3)CN=C(C)O2)c1. The highest BCUT2D eigenvalue weighted by molar-refractivity contribution is 5.75. The molecule has 2 aromatic carbocycles. The van der Waals surface area contributed by atoms with E-state index in [-0.39, 0.29) is 5.60 Å². The van der Waals surface area contributed by atoms with Gasteiger partial charge in [-0.1, -0.05) is 24.3 Å². The zero-order valence-electron chi connectivity index (χ0n) is 14.4. The Hall–Kier alpha value is -2.49. The van der Waals surface area contributed by atoms with Gasteiger partial charge < -0.3 is 14.2 Å². The lowest BCUT2D eigenvalue weighted by Gasteiger charge is -2.29. The summed E-state index contributed by atoms with van der Waals surface area (Å²) in [7, 11) is 3.37. The molecule has 0 saturated heterocycles. The van der Waals surface area contributed by atoms with E-state index < -0.39 is 0 Å². The molecule has 0 spiro atoms. The van der Waals surface area contributed by atoms with Crippen molar-refractivity contribution in [3.05, 3.63) is 59.7 Å². The third-order valence-electron chi connectivity index (χ3n) is 4.27. The van der Waals surface area contributed by atoms with Crippen LogP contribution in [-0.2, 0) is 17.6 Å². The standard InChI is InChI=1S/C20H23NO3/c1-15-21-14-20(24-15,12-16-6-4-8-18(10-16)22-2)13-17-7-5-9-19(11-17)23-3/h4-11H,12-14H2,1-3H3. The minimum atomic E-state index is -0.358. The molecule has 0 fully saturated rings. The fourth-order valence-corrected chi connectivity index (χ4v) is 3.19. The number of hydrogen-bond donors (Lipinski definition) is 0. The third-order valence-corrected chi connectivity index (χ3v) is 4.27. The number of hydrogen-bond acceptors (Lipinski definition) is 4. The Labute approximate surface area is 143 Å². The number of rotatable bonds is 6. The van der Waals surface area contributed by atoms with Crippen LogP contribution in [-0.4, -0.2) is 32.3 Å². The lowest BCUT2D eigenvalue weighted by molar-refractivity contribution is 0.0870. The summed E-state index contributed by atoms with van der Waals surface area (Å²) in [4.78, 5) is 4.50. The van der Waals surface area contributed by atoms with Crippen LogP contribution < -0.4 is 9.47 Å². The van der Waals surface area contributed by atoms with Crippen LogP contribution in [0.4, 0.5) is 0 Å². The van der Waals surface area contributed by atoms with Crippen LogP contribution in [0, 0.1) is 0 Å². The maximum absolute atomic E-state index is 6.17. The summed E-state index contributed by atoms with van der Waals surface area (Å²) in [6.07, 6.45) is 1.56. The van der Waals surface area contributed by atoms with Crippen LogP contribution >= 0.6 is 0 Å². The topological polar surface area (TPSA) is 40.0 Å². The fraction of sp³-hybridized carbons (Fsp3) is 0.350. The Morgan fingerprint density at radius 1 is 0.958 bits per heavy atom. The van der Waals surface area contributed by atoms with E-state index in [9.17, 15) is 0 Å². The van der Waals surface area contributed by atoms with Gasteiger partial charge >= 0.3 is 0 Å². The molecule has 1 heterocycles. The van der Waals surface area contributed by atoms with Crippen molar-refractivity contribution in [1.82, 2.24) is 0 Å². The first-order valence-corrected chi connectivity index (χ1v) is 8.08. The number of aliphatic imine (C=N–C) groups is 1. The van der Waals surface area contributed by atoms with Crippen molar-refractivity contribution < 1.29 is 14.2 Å². The molecule has 0 saturated carbocycles. The van der Waals surface area contributed by atoms with Gasteiger partial charge in [-0.05, 0) is 35.4 Å². The van der Waals surface area contributed by atoms with Crippen molar-refractivity contribution in [2.75, 3.05) is 20.8 Å². The van der Waals surface area contributed by atoms with Crippen molar-refractivity contribution in [3.63, 3.8) is 0 Å². The Morgan fingerprint density at radius 3 is 1.92 bits per heavy atom. The smallest absolute Gasteiger partial charge is 0.180 e. The van der Waals surface area contributed by atoms with Gasteiger partial charge in [-0.15, -0.1) is 0 Å². The minimum Gasteiger partial charge on any atom is -0.497 e. The van der Waals surface area contributed by atoms with Gasteiger partial charge in [0.1, 0.15) is 17.1 Å². The van der Waals surface area contributed by atoms with Crippen molar-refractivity contribution in [3.8, 4) is 11.5 Å². The van der Waals surface area contributed by atoms with Crippen LogP contribution in [0.1, 0.15) is 18.1 Å². The van der Waals surface area contributed by atoms with Gasteiger partial charge in [0.05, 0.1) is 20.8 Å². The van der Waals surface area contributed by atoms with Crippen molar-refractivity contribution in [2.45, 2.75) is 25.4 Å². The molecule has 24 heavy (non-hydrogen) atoms. The Morgan fingerprint density at radius 2 is 1.50 bits per heavy atom. The molecule has 0 bridgehead atoms. The average molecular weight is 325 g/mol. The van der Waals surface area contributed by atoms with Gasteiger partial charge in [0.2, 0.25) is 0 Å².